The third kappa shape index (κ3) is 1.43. The lowest BCUT2D eigenvalue weighted by Crippen LogP contribution is -1.76. The fourth-order valence-corrected chi connectivity index (χ4v) is 2.89. The monoisotopic (exact) mass is 231 g/mol. The van der Waals surface area contributed by atoms with Gasteiger partial charge in [-0.3, -0.25) is 0 Å². The Morgan fingerprint density at radius 1 is 1.20 bits per heavy atom. The second-order valence-corrected chi connectivity index (χ2v) is 5.12. The molecule has 3 heteroatoms. The van der Waals surface area contributed by atoms with Crippen LogP contribution in [0.5, 0.6) is 0 Å². The molecular weight excluding hydrogens is 222 g/mol. The van der Waals surface area contributed by atoms with Gasteiger partial charge in [-0.05, 0) is 29.8 Å². The van der Waals surface area contributed by atoms with E-state index in [0.717, 1.165) is 5.52 Å². The van der Waals surface area contributed by atoms with E-state index in [-0.39, 0.29) is 0 Å². The fraction of sp³-hybridized carbons (Fsp3) is 0.0833. The summed E-state index contributed by atoms with van der Waals surface area (Å²) in [5.74, 6) is 0. The van der Waals surface area contributed by atoms with Crippen LogP contribution in [-0.4, -0.2) is 11.2 Å². The maximum Gasteiger partial charge on any atom is 0.0890 e. The molecule has 0 saturated carbocycles. The van der Waals surface area contributed by atoms with Crippen molar-refractivity contribution in [3.63, 3.8) is 0 Å². The summed E-state index contributed by atoms with van der Waals surface area (Å²) in [5, 5.41) is 2.53. The molecule has 0 fully saturated rings. The zero-order valence-electron chi connectivity index (χ0n) is 8.23. The molecule has 0 radical (unpaired) electrons. The van der Waals surface area contributed by atoms with E-state index in [0.29, 0.717) is 0 Å². The second kappa shape index (κ2) is 3.51. The minimum Gasteiger partial charge on any atom is -0.244 e. The van der Waals surface area contributed by atoms with Gasteiger partial charge in [0.2, 0.25) is 0 Å². The van der Waals surface area contributed by atoms with Crippen LogP contribution in [0.3, 0.4) is 0 Å². The van der Waals surface area contributed by atoms with E-state index in [9.17, 15) is 0 Å². The average Bonchev–Trinajstić information content (AvgIpc) is 2.76. The number of nitrogens with zero attached hydrogens (tertiary/aromatic N) is 1. The predicted octanol–water partition coefficient (Wildman–Crippen LogP) is 4.17. The molecule has 0 aliphatic heterocycles. The Hall–Kier alpha value is -1.06. The van der Waals surface area contributed by atoms with Crippen molar-refractivity contribution in [1.82, 2.24) is 4.98 Å². The molecule has 3 rings (SSSR count). The van der Waals surface area contributed by atoms with Gasteiger partial charge in [-0.2, -0.15) is 0 Å². The molecule has 74 valence electrons. The number of benzene rings is 2. The van der Waals surface area contributed by atoms with Crippen molar-refractivity contribution < 1.29 is 0 Å². The molecule has 15 heavy (non-hydrogen) atoms. The Morgan fingerprint density at radius 2 is 2.07 bits per heavy atom. The summed E-state index contributed by atoms with van der Waals surface area (Å²) in [4.78, 5) is 5.73. The molecule has 2 aromatic carbocycles. The van der Waals surface area contributed by atoms with Crippen molar-refractivity contribution >= 4 is 44.1 Å². The van der Waals surface area contributed by atoms with E-state index in [4.69, 9.17) is 0 Å². The Kier molecular flexibility index (Phi) is 2.15. The van der Waals surface area contributed by atoms with Gasteiger partial charge in [0.25, 0.3) is 0 Å². The van der Waals surface area contributed by atoms with Gasteiger partial charge < -0.3 is 0 Å². The lowest BCUT2D eigenvalue weighted by Gasteiger charge is -2.01. The van der Waals surface area contributed by atoms with Crippen LogP contribution in [0, 0.1) is 0 Å². The van der Waals surface area contributed by atoms with Crippen LogP contribution in [-0.2, 0) is 0 Å². The largest absolute Gasteiger partial charge is 0.244 e. The average molecular weight is 231 g/mol. The summed E-state index contributed by atoms with van der Waals surface area (Å²) in [6, 6.07) is 10.9. The number of hydrogen-bond donors (Lipinski definition) is 0. The Labute approximate surface area is 96.1 Å². The van der Waals surface area contributed by atoms with Crippen molar-refractivity contribution in [3.05, 3.63) is 35.8 Å². The van der Waals surface area contributed by atoms with E-state index in [1.54, 1.807) is 23.1 Å². The van der Waals surface area contributed by atoms with Crippen molar-refractivity contribution in [3.8, 4) is 0 Å². The molecular formula is C12H9NS2. The number of rotatable bonds is 1. The molecule has 0 bridgehead atoms. The third-order valence-electron chi connectivity index (χ3n) is 2.52. The normalized spacial score (nSPS) is 11.3. The van der Waals surface area contributed by atoms with Gasteiger partial charge in [0.05, 0.1) is 15.7 Å². The summed E-state index contributed by atoms with van der Waals surface area (Å²) in [5.41, 5.74) is 3.05. The highest BCUT2D eigenvalue weighted by Gasteiger charge is 2.03. The number of thioether (sulfide) groups is 1. The third-order valence-corrected chi connectivity index (χ3v) is 4.04. The maximum atomic E-state index is 4.43. The van der Waals surface area contributed by atoms with E-state index in [1.807, 2.05) is 5.51 Å². The lowest BCUT2D eigenvalue weighted by molar-refractivity contribution is 1.49. The molecule has 0 aliphatic carbocycles. The van der Waals surface area contributed by atoms with Gasteiger partial charge in [0.15, 0.2) is 0 Å². The first-order valence-electron chi connectivity index (χ1n) is 4.68. The molecule has 0 aliphatic rings. The number of hydrogen-bond acceptors (Lipinski definition) is 3. The van der Waals surface area contributed by atoms with Gasteiger partial charge in [-0.25, -0.2) is 4.98 Å². The fourth-order valence-electron chi connectivity index (χ4n) is 1.75. The quantitative estimate of drug-likeness (QED) is 0.583. The molecule has 1 nitrogen and oxygen atoms in total. The SMILES string of the molecule is CSc1ccc2ccc3scnc3c2c1. The summed E-state index contributed by atoms with van der Waals surface area (Å²) in [6.07, 6.45) is 2.10. The molecule has 1 heterocycles. The highest BCUT2D eigenvalue weighted by molar-refractivity contribution is 7.98. The van der Waals surface area contributed by atoms with Crippen molar-refractivity contribution in [2.45, 2.75) is 4.90 Å². The summed E-state index contributed by atoms with van der Waals surface area (Å²) in [7, 11) is 0. The van der Waals surface area contributed by atoms with E-state index in [1.165, 1.54) is 20.4 Å². The van der Waals surface area contributed by atoms with E-state index >= 15 is 0 Å². The van der Waals surface area contributed by atoms with Crippen molar-refractivity contribution in [2.75, 3.05) is 6.26 Å². The number of aromatic nitrogens is 1. The van der Waals surface area contributed by atoms with Crippen LogP contribution < -0.4 is 0 Å². The van der Waals surface area contributed by atoms with Crippen LogP contribution in [0.15, 0.2) is 40.7 Å². The predicted molar refractivity (Wildman–Crippen MR) is 68.9 cm³/mol. The molecule has 0 unspecified atom stereocenters. The first-order valence-corrected chi connectivity index (χ1v) is 6.79. The van der Waals surface area contributed by atoms with Crippen LogP contribution >= 0.6 is 23.1 Å². The Balaban J connectivity index is 2.48. The smallest absolute Gasteiger partial charge is 0.0890 e. The zero-order chi connectivity index (χ0) is 10.3. The number of fused-ring (bicyclic) bond motifs is 3. The van der Waals surface area contributed by atoms with Crippen molar-refractivity contribution in [2.24, 2.45) is 0 Å². The molecule has 0 N–H and O–H groups in total. The molecule has 0 amide bonds. The highest BCUT2D eigenvalue weighted by atomic mass is 32.2. The first kappa shape index (κ1) is 9.19. The standard InChI is InChI=1S/C12H9NS2/c1-14-9-4-2-8-3-5-11-12(10(8)6-9)13-7-15-11/h2-7H,1H3. The second-order valence-electron chi connectivity index (χ2n) is 3.35. The van der Waals surface area contributed by atoms with Gasteiger partial charge in [-0.1, -0.05) is 12.1 Å². The zero-order valence-corrected chi connectivity index (χ0v) is 9.86. The molecule has 1 aromatic heterocycles. The minimum atomic E-state index is 1.13. The van der Waals surface area contributed by atoms with Crippen LogP contribution in [0.4, 0.5) is 0 Å². The van der Waals surface area contributed by atoms with E-state index in [2.05, 4.69) is 41.6 Å². The molecule has 3 aromatic rings. The molecule has 0 spiro atoms. The lowest BCUT2D eigenvalue weighted by atomic mass is 10.1. The molecule has 0 saturated heterocycles. The highest BCUT2D eigenvalue weighted by Crippen LogP contribution is 2.29. The van der Waals surface area contributed by atoms with Crippen LogP contribution in [0.25, 0.3) is 21.0 Å². The maximum absolute atomic E-state index is 4.43. The summed E-state index contributed by atoms with van der Waals surface area (Å²) < 4.78 is 1.26. The Bertz CT molecular complexity index is 628. The van der Waals surface area contributed by atoms with Crippen LogP contribution in [0.1, 0.15) is 0 Å². The molecule has 0 atom stereocenters. The van der Waals surface area contributed by atoms with Gasteiger partial charge in [0.1, 0.15) is 0 Å². The number of thiazole rings is 1. The van der Waals surface area contributed by atoms with E-state index < -0.39 is 0 Å². The topological polar surface area (TPSA) is 12.9 Å². The van der Waals surface area contributed by atoms with Crippen molar-refractivity contribution in [1.29, 1.82) is 0 Å². The summed E-state index contributed by atoms with van der Waals surface area (Å²) >= 11 is 3.47. The van der Waals surface area contributed by atoms with Gasteiger partial charge >= 0.3 is 0 Å². The first-order chi connectivity index (χ1) is 7.38. The Morgan fingerprint density at radius 3 is 2.93 bits per heavy atom. The van der Waals surface area contributed by atoms with Crippen LogP contribution in [0.2, 0.25) is 0 Å². The minimum absolute atomic E-state index is 1.13. The summed E-state index contributed by atoms with van der Waals surface area (Å²) in [6.45, 7) is 0. The van der Waals surface area contributed by atoms with Gasteiger partial charge in [0, 0.05) is 10.3 Å². The van der Waals surface area contributed by atoms with Gasteiger partial charge in [-0.15, -0.1) is 23.1 Å².